The van der Waals surface area contributed by atoms with E-state index in [9.17, 15) is 4.39 Å². The van der Waals surface area contributed by atoms with Gasteiger partial charge in [-0.2, -0.15) is 0 Å². The number of rotatable bonds is 3. The van der Waals surface area contributed by atoms with Crippen LogP contribution in [-0.2, 0) is 11.8 Å². The van der Waals surface area contributed by atoms with E-state index in [1.54, 1.807) is 12.1 Å². The van der Waals surface area contributed by atoms with Crippen molar-refractivity contribution in [2.24, 2.45) is 0 Å². The quantitative estimate of drug-likeness (QED) is 0.903. The zero-order valence-electron chi connectivity index (χ0n) is 10.5. The van der Waals surface area contributed by atoms with E-state index in [1.165, 1.54) is 11.6 Å². The Morgan fingerprint density at radius 2 is 1.84 bits per heavy atom. The zero-order valence-corrected chi connectivity index (χ0v) is 11.3. The van der Waals surface area contributed by atoms with Crippen LogP contribution in [0.2, 0.25) is 5.02 Å². The molecule has 1 heterocycles. The fourth-order valence-corrected chi connectivity index (χ4v) is 2.88. The largest absolute Gasteiger partial charge is 0.315 e. The smallest absolute Gasteiger partial charge is 0.123 e. The maximum absolute atomic E-state index is 13.4. The van der Waals surface area contributed by atoms with Crippen LogP contribution in [0.1, 0.15) is 11.1 Å². The molecule has 1 nitrogen and oxygen atoms in total. The summed E-state index contributed by atoms with van der Waals surface area (Å²) in [5.74, 6) is -0.227. The zero-order chi connectivity index (χ0) is 13.3. The summed E-state index contributed by atoms with van der Waals surface area (Å²) in [6.45, 7) is 1.81. The van der Waals surface area contributed by atoms with E-state index in [4.69, 9.17) is 11.6 Å². The Balaban J connectivity index is 1.94. The molecule has 0 amide bonds. The first kappa shape index (κ1) is 12.6. The molecule has 0 atom stereocenters. The summed E-state index contributed by atoms with van der Waals surface area (Å²) in [6.07, 6.45) is 0.764. The molecule has 1 saturated heterocycles. The van der Waals surface area contributed by atoms with Gasteiger partial charge in [0, 0.05) is 23.5 Å². The van der Waals surface area contributed by atoms with Gasteiger partial charge in [-0.25, -0.2) is 4.39 Å². The Morgan fingerprint density at radius 1 is 1.11 bits per heavy atom. The third-order valence-corrected chi connectivity index (χ3v) is 4.22. The third-order valence-electron chi connectivity index (χ3n) is 3.85. The van der Waals surface area contributed by atoms with Crippen molar-refractivity contribution in [3.05, 3.63) is 70.5 Å². The van der Waals surface area contributed by atoms with Crippen molar-refractivity contribution in [3.63, 3.8) is 0 Å². The molecule has 0 saturated carbocycles. The summed E-state index contributed by atoms with van der Waals surface area (Å²) in [6, 6.07) is 15.0. The van der Waals surface area contributed by atoms with Gasteiger partial charge in [0.25, 0.3) is 0 Å². The first-order chi connectivity index (χ1) is 9.20. The van der Waals surface area contributed by atoms with Crippen molar-refractivity contribution in [3.8, 4) is 0 Å². The highest BCUT2D eigenvalue weighted by Crippen LogP contribution is 2.34. The highest BCUT2D eigenvalue weighted by molar-refractivity contribution is 6.31. The van der Waals surface area contributed by atoms with Crippen LogP contribution in [0.15, 0.2) is 48.5 Å². The lowest BCUT2D eigenvalue weighted by Crippen LogP contribution is -2.58. The molecular weight excluding hydrogens is 261 g/mol. The van der Waals surface area contributed by atoms with Crippen LogP contribution in [-0.4, -0.2) is 13.1 Å². The van der Waals surface area contributed by atoms with Gasteiger partial charge in [-0.15, -0.1) is 0 Å². The van der Waals surface area contributed by atoms with Crippen molar-refractivity contribution < 1.29 is 4.39 Å². The SMILES string of the molecule is Fc1ccc(Cl)c(CC2(c3ccccc3)CNC2)c1. The van der Waals surface area contributed by atoms with Crippen molar-refractivity contribution in [1.29, 1.82) is 0 Å². The monoisotopic (exact) mass is 275 g/mol. The maximum atomic E-state index is 13.4. The van der Waals surface area contributed by atoms with E-state index in [-0.39, 0.29) is 11.2 Å². The van der Waals surface area contributed by atoms with Gasteiger partial charge in [-0.3, -0.25) is 0 Å². The fraction of sp³-hybridized carbons (Fsp3) is 0.250. The standard InChI is InChI=1S/C16H15ClFN/c17-15-7-6-14(18)8-12(15)9-16(10-19-11-16)13-4-2-1-3-5-13/h1-8,19H,9-11H2. The number of benzene rings is 2. The molecule has 0 aliphatic carbocycles. The van der Waals surface area contributed by atoms with Gasteiger partial charge < -0.3 is 5.32 Å². The summed E-state index contributed by atoms with van der Waals surface area (Å²) in [5.41, 5.74) is 2.21. The Kier molecular flexibility index (Phi) is 3.29. The van der Waals surface area contributed by atoms with E-state index in [1.807, 2.05) is 18.2 Å². The highest BCUT2D eigenvalue weighted by atomic mass is 35.5. The lowest BCUT2D eigenvalue weighted by Gasteiger charge is -2.43. The van der Waals surface area contributed by atoms with E-state index in [0.717, 1.165) is 25.1 Å². The maximum Gasteiger partial charge on any atom is 0.123 e. The summed E-state index contributed by atoms with van der Waals surface area (Å²) in [7, 11) is 0. The van der Waals surface area contributed by atoms with Crippen molar-refractivity contribution in [2.75, 3.05) is 13.1 Å². The summed E-state index contributed by atoms with van der Waals surface area (Å²) in [5, 5.41) is 3.96. The van der Waals surface area contributed by atoms with Crippen LogP contribution in [0.4, 0.5) is 4.39 Å². The normalized spacial score (nSPS) is 16.9. The second kappa shape index (κ2) is 4.95. The van der Waals surface area contributed by atoms with E-state index in [2.05, 4.69) is 17.4 Å². The van der Waals surface area contributed by atoms with E-state index in [0.29, 0.717) is 5.02 Å². The second-order valence-corrected chi connectivity index (χ2v) is 5.57. The van der Waals surface area contributed by atoms with Crippen molar-refractivity contribution in [1.82, 2.24) is 5.32 Å². The molecule has 2 aromatic carbocycles. The van der Waals surface area contributed by atoms with Gasteiger partial charge in [-0.1, -0.05) is 41.9 Å². The Bertz CT molecular complexity index is 579. The van der Waals surface area contributed by atoms with Crippen LogP contribution in [0.3, 0.4) is 0 Å². The molecule has 3 heteroatoms. The molecule has 3 rings (SSSR count). The Morgan fingerprint density at radius 3 is 2.47 bits per heavy atom. The molecular formula is C16H15ClFN. The van der Waals surface area contributed by atoms with Gasteiger partial charge in [0.1, 0.15) is 5.82 Å². The molecule has 0 aromatic heterocycles. The molecule has 1 aliphatic rings. The topological polar surface area (TPSA) is 12.0 Å². The third kappa shape index (κ3) is 2.38. The lowest BCUT2D eigenvalue weighted by atomic mass is 9.71. The molecule has 0 bridgehead atoms. The van der Waals surface area contributed by atoms with Crippen LogP contribution in [0.5, 0.6) is 0 Å². The molecule has 0 unspecified atom stereocenters. The second-order valence-electron chi connectivity index (χ2n) is 5.16. The molecule has 19 heavy (non-hydrogen) atoms. The molecule has 1 N–H and O–H groups in total. The highest BCUT2D eigenvalue weighted by Gasteiger charge is 2.38. The number of hydrogen-bond donors (Lipinski definition) is 1. The van der Waals surface area contributed by atoms with Gasteiger partial charge in [0.15, 0.2) is 0 Å². The fourth-order valence-electron chi connectivity index (χ4n) is 2.69. The molecule has 98 valence electrons. The molecule has 0 spiro atoms. The van der Waals surface area contributed by atoms with Crippen molar-refractivity contribution in [2.45, 2.75) is 11.8 Å². The molecule has 2 aromatic rings. The molecule has 0 radical (unpaired) electrons. The average Bonchev–Trinajstić information content (AvgIpc) is 2.39. The van der Waals surface area contributed by atoms with Crippen LogP contribution >= 0.6 is 11.6 Å². The van der Waals surface area contributed by atoms with Crippen molar-refractivity contribution >= 4 is 11.6 Å². The van der Waals surface area contributed by atoms with Crippen LogP contribution < -0.4 is 5.32 Å². The predicted molar refractivity (Wildman–Crippen MR) is 76.1 cm³/mol. The number of hydrogen-bond acceptors (Lipinski definition) is 1. The first-order valence-electron chi connectivity index (χ1n) is 6.40. The minimum absolute atomic E-state index is 0.0404. The van der Waals surface area contributed by atoms with Gasteiger partial charge in [0.2, 0.25) is 0 Å². The molecule has 1 aliphatic heterocycles. The van der Waals surface area contributed by atoms with Crippen LogP contribution in [0, 0.1) is 5.82 Å². The first-order valence-corrected chi connectivity index (χ1v) is 6.78. The van der Waals surface area contributed by atoms with Gasteiger partial charge in [0.05, 0.1) is 0 Å². The van der Waals surface area contributed by atoms with Crippen LogP contribution in [0.25, 0.3) is 0 Å². The van der Waals surface area contributed by atoms with Gasteiger partial charge >= 0.3 is 0 Å². The number of halogens is 2. The Labute approximate surface area is 117 Å². The van der Waals surface area contributed by atoms with E-state index >= 15 is 0 Å². The summed E-state index contributed by atoms with van der Waals surface area (Å²) < 4.78 is 13.4. The summed E-state index contributed by atoms with van der Waals surface area (Å²) in [4.78, 5) is 0. The predicted octanol–water partition coefficient (Wildman–Crippen LogP) is 3.56. The molecule has 1 fully saturated rings. The average molecular weight is 276 g/mol. The number of nitrogens with one attached hydrogen (secondary N) is 1. The van der Waals surface area contributed by atoms with E-state index < -0.39 is 0 Å². The lowest BCUT2D eigenvalue weighted by molar-refractivity contribution is 0.274. The summed E-state index contributed by atoms with van der Waals surface area (Å²) >= 11 is 6.18. The van der Waals surface area contributed by atoms with Gasteiger partial charge in [-0.05, 0) is 35.7 Å². The minimum atomic E-state index is -0.227. The minimum Gasteiger partial charge on any atom is -0.315 e. The Hall–Kier alpha value is -1.38.